The van der Waals surface area contributed by atoms with E-state index in [4.69, 9.17) is 11.6 Å². The lowest BCUT2D eigenvalue weighted by Gasteiger charge is -2.37. The Morgan fingerprint density at radius 2 is 1.96 bits per heavy atom. The maximum Gasteiger partial charge on any atom is 0.261 e. The summed E-state index contributed by atoms with van der Waals surface area (Å²) in [5, 5.41) is 3.97. The molecule has 0 bridgehead atoms. The lowest BCUT2D eigenvalue weighted by atomic mass is 10.0. The zero-order chi connectivity index (χ0) is 18.8. The molecule has 1 aromatic heterocycles. The molecule has 2 N–H and O–H groups in total. The fourth-order valence-electron chi connectivity index (χ4n) is 4.14. The number of aromatic nitrogens is 1. The highest BCUT2D eigenvalue weighted by Crippen LogP contribution is 2.29. The van der Waals surface area contributed by atoms with Crippen LogP contribution in [-0.4, -0.2) is 35.4 Å². The van der Waals surface area contributed by atoms with Gasteiger partial charge in [0.1, 0.15) is 5.56 Å². The average Bonchev–Trinajstić information content (AvgIpc) is 2.92. The van der Waals surface area contributed by atoms with Crippen molar-refractivity contribution < 1.29 is 4.79 Å². The van der Waals surface area contributed by atoms with Crippen molar-refractivity contribution in [2.45, 2.75) is 38.1 Å². The summed E-state index contributed by atoms with van der Waals surface area (Å²) in [5.74, 6) is -0.213. The van der Waals surface area contributed by atoms with Gasteiger partial charge in [0.25, 0.3) is 11.5 Å². The van der Waals surface area contributed by atoms with E-state index in [2.05, 4.69) is 10.3 Å². The number of nitrogens with one attached hydrogen (secondary N) is 2. The first-order chi connectivity index (χ1) is 13.1. The highest BCUT2D eigenvalue weighted by Gasteiger charge is 2.31. The van der Waals surface area contributed by atoms with Crippen LogP contribution >= 0.6 is 11.6 Å². The molecule has 6 heteroatoms. The molecule has 5 nitrogen and oxygen atoms in total. The largest absolute Gasteiger partial charge is 0.329 e. The first kappa shape index (κ1) is 18.3. The molecule has 2 aromatic rings. The van der Waals surface area contributed by atoms with Crippen molar-refractivity contribution in [2.75, 3.05) is 19.6 Å². The summed E-state index contributed by atoms with van der Waals surface area (Å²) >= 11 is 6.38. The maximum atomic E-state index is 13.3. The number of carbonyl (C=O) groups is 1. The third kappa shape index (κ3) is 3.66. The highest BCUT2D eigenvalue weighted by molar-refractivity contribution is 6.31. The molecule has 2 heterocycles. The Morgan fingerprint density at radius 3 is 2.81 bits per heavy atom. The first-order valence-corrected chi connectivity index (χ1v) is 10.0. The van der Waals surface area contributed by atoms with Gasteiger partial charge in [0.05, 0.1) is 6.04 Å². The van der Waals surface area contributed by atoms with Gasteiger partial charge in [-0.3, -0.25) is 9.59 Å². The minimum atomic E-state index is -0.280. The molecule has 1 fully saturated rings. The second-order valence-electron chi connectivity index (χ2n) is 7.32. The summed E-state index contributed by atoms with van der Waals surface area (Å²) in [6.07, 6.45) is 5.15. The van der Waals surface area contributed by atoms with Gasteiger partial charge < -0.3 is 15.2 Å². The number of fused-ring (bicyclic) bond motifs is 1. The molecule has 1 atom stereocenters. The number of aryl methyl sites for hydroxylation is 2. The van der Waals surface area contributed by atoms with Crippen LogP contribution in [0.2, 0.25) is 5.02 Å². The predicted molar refractivity (Wildman–Crippen MR) is 106 cm³/mol. The molecule has 0 spiro atoms. The van der Waals surface area contributed by atoms with E-state index in [-0.39, 0.29) is 23.1 Å². The van der Waals surface area contributed by atoms with E-state index in [1.165, 1.54) is 0 Å². The Labute approximate surface area is 163 Å². The molecule has 142 valence electrons. The van der Waals surface area contributed by atoms with Crippen molar-refractivity contribution >= 4 is 17.5 Å². The van der Waals surface area contributed by atoms with Crippen molar-refractivity contribution in [3.05, 3.63) is 68.1 Å². The Bertz CT molecular complexity index is 909. The molecule has 2 aliphatic rings. The topological polar surface area (TPSA) is 65.2 Å². The van der Waals surface area contributed by atoms with Crippen LogP contribution in [0.5, 0.6) is 0 Å². The first-order valence-electron chi connectivity index (χ1n) is 9.66. The van der Waals surface area contributed by atoms with Crippen LogP contribution in [0.4, 0.5) is 0 Å². The number of halogens is 1. The normalized spacial score (nSPS) is 20.0. The van der Waals surface area contributed by atoms with Crippen molar-refractivity contribution in [1.29, 1.82) is 0 Å². The SMILES string of the molecule is O=C(c1cc2c([nH]c1=O)CCCCC2)N1CCNCC1c1ccccc1Cl. The molecule has 1 aliphatic carbocycles. The molecule has 1 aliphatic heterocycles. The minimum Gasteiger partial charge on any atom is -0.329 e. The van der Waals surface area contributed by atoms with Crippen LogP contribution in [0.15, 0.2) is 35.1 Å². The maximum absolute atomic E-state index is 13.3. The number of benzene rings is 1. The second-order valence-corrected chi connectivity index (χ2v) is 7.72. The summed E-state index contributed by atoms with van der Waals surface area (Å²) in [5.41, 5.74) is 2.98. The van der Waals surface area contributed by atoms with Gasteiger partial charge in [-0.25, -0.2) is 0 Å². The molecular weight excluding hydrogens is 362 g/mol. The highest BCUT2D eigenvalue weighted by atomic mass is 35.5. The fraction of sp³-hybridized carbons (Fsp3) is 0.429. The van der Waals surface area contributed by atoms with Crippen LogP contribution in [-0.2, 0) is 12.8 Å². The number of nitrogens with zero attached hydrogens (tertiary/aromatic N) is 1. The van der Waals surface area contributed by atoms with E-state index in [1.54, 1.807) is 4.90 Å². The molecule has 0 radical (unpaired) electrons. The van der Waals surface area contributed by atoms with Gasteiger partial charge in [0.15, 0.2) is 0 Å². The number of pyridine rings is 1. The van der Waals surface area contributed by atoms with Crippen molar-refractivity contribution in [3.63, 3.8) is 0 Å². The van der Waals surface area contributed by atoms with E-state index < -0.39 is 0 Å². The summed E-state index contributed by atoms with van der Waals surface area (Å²) in [7, 11) is 0. The van der Waals surface area contributed by atoms with E-state index >= 15 is 0 Å². The smallest absolute Gasteiger partial charge is 0.261 e. The van der Waals surface area contributed by atoms with Gasteiger partial charge in [-0.15, -0.1) is 0 Å². The Kier molecular flexibility index (Phi) is 5.32. The van der Waals surface area contributed by atoms with Gasteiger partial charge in [-0.1, -0.05) is 36.2 Å². The van der Waals surface area contributed by atoms with Gasteiger partial charge in [0, 0.05) is 30.4 Å². The Morgan fingerprint density at radius 1 is 1.15 bits per heavy atom. The second kappa shape index (κ2) is 7.87. The summed E-state index contributed by atoms with van der Waals surface area (Å²) in [4.78, 5) is 30.7. The van der Waals surface area contributed by atoms with Crippen molar-refractivity contribution in [1.82, 2.24) is 15.2 Å². The number of hydrogen-bond donors (Lipinski definition) is 2. The monoisotopic (exact) mass is 385 g/mol. The molecule has 4 rings (SSSR count). The lowest BCUT2D eigenvalue weighted by molar-refractivity contribution is 0.0632. The minimum absolute atomic E-state index is 0.182. The lowest BCUT2D eigenvalue weighted by Crippen LogP contribution is -2.49. The van der Waals surface area contributed by atoms with Gasteiger partial charge in [-0.05, 0) is 48.9 Å². The zero-order valence-electron chi connectivity index (χ0n) is 15.3. The molecular formula is C21H24ClN3O2. The zero-order valence-corrected chi connectivity index (χ0v) is 16.0. The number of H-pyrrole nitrogens is 1. The Hall–Kier alpha value is -2.11. The third-order valence-electron chi connectivity index (χ3n) is 5.59. The number of carbonyl (C=O) groups excluding carboxylic acids is 1. The molecule has 1 aromatic carbocycles. The molecule has 0 saturated carbocycles. The van der Waals surface area contributed by atoms with Crippen LogP contribution in [0, 0.1) is 0 Å². The van der Waals surface area contributed by atoms with Crippen molar-refractivity contribution in [3.8, 4) is 0 Å². The molecule has 1 saturated heterocycles. The van der Waals surface area contributed by atoms with Crippen LogP contribution in [0.3, 0.4) is 0 Å². The molecule has 27 heavy (non-hydrogen) atoms. The van der Waals surface area contributed by atoms with Crippen LogP contribution in [0.1, 0.15) is 52.5 Å². The third-order valence-corrected chi connectivity index (χ3v) is 5.93. The molecule has 1 amide bonds. The predicted octanol–water partition coefficient (Wildman–Crippen LogP) is 3.08. The number of amides is 1. The molecule has 1 unspecified atom stereocenters. The average molecular weight is 386 g/mol. The number of hydrogen-bond acceptors (Lipinski definition) is 3. The summed E-state index contributed by atoms with van der Waals surface area (Å²) < 4.78 is 0. The standard InChI is InChI=1S/C21H24ClN3O2/c22-17-8-5-4-7-15(17)19-13-23-10-11-25(19)21(27)16-12-14-6-2-1-3-9-18(14)24-20(16)26/h4-5,7-8,12,19,23H,1-3,6,9-11,13H2,(H,24,26). The number of piperazine rings is 1. The van der Waals surface area contributed by atoms with Crippen molar-refractivity contribution in [2.24, 2.45) is 0 Å². The van der Waals surface area contributed by atoms with E-state index in [1.807, 2.05) is 30.3 Å². The Balaban J connectivity index is 1.69. The van der Waals surface area contributed by atoms with Gasteiger partial charge >= 0.3 is 0 Å². The van der Waals surface area contributed by atoms with E-state index in [9.17, 15) is 9.59 Å². The fourth-order valence-corrected chi connectivity index (χ4v) is 4.40. The summed E-state index contributed by atoms with van der Waals surface area (Å²) in [6, 6.07) is 9.23. The summed E-state index contributed by atoms with van der Waals surface area (Å²) in [6.45, 7) is 1.87. The van der Waals surface area contributed by atoms with Gasteiger partial charge in [-0.2, -0.15) is 0 Å². The van der Waals surface area contributed by atoms with Crippen LogP contribution in [0.25, 0.3) is 0 Å². The number of aromatic amines is 1. The van der Waals surface area contributed by atoms with E-state index in [0.717, 1.165) is 48.9 Å². The number of rotatable bonds is 2. The van der Waals surface area contributed by atoms with Gasteiger partial charge in [0.2, 0.25) is 0 Å². The quantitative estimate of drug-likeness (QED) is 0.781. The van der Waals surface area contributed by atoms with E-state index in [0.29, 0.717) is 24.7 Å². The van der Waals surface area contributed by atoms with Crippen LogP contribution < -0.4 is 10.9 Å².